The molecule has 0 aliphatic rings. The first kappa shape index (κ1) is 17.5. The molecule has 0 fully saturated rings. The third-order valence-electron chi connectivity index (χ3n) is 3.61. The summed E-state index contributed by atoms with van der Waals surface area (Å²) < 4.78 is 42.7. The van der Waals surface area contributed by atoms with Gasteiger partial charge in [-0.1, -0.05) is 30.8 Å². The zero-order chi connectivity index (χ0) is 18.0. The third kappa shape index (κ3) is 4.01. The van der Waals surface area contributed by atoms with E-state index in [2.05, 4.69) is 10.2 Å². The van der Waals surface area contributed by atoms with E-state index in [0.29, 0.717) is 16.4 Å². The lowest BCUT2D eigenvalue weighted by Gasteiger charge is -2.07. The molecule has 4 nitrogen and oxygen atoms in total. The topological polar surface area (TPSA) is 56.0 Å². The van der Waals surface area contributed by atoms with Crippen LogP contribution in [0.2, 0.25) is 0 Å². The highest BCUT2D eigenvalue weighted by atomic mass is 32.2. The van der Waals surface area contributed by atoms with Crippen LogP contribution in [-0.4, -0.2) is 10.2 Å². The molecule has 0 unspecified atom stereocenters. The minimum absolute atomic E-state index is 0.347. The van der Waals surface area contributed by atoms with Gasteiger partial charge in [-0.3, -0.25) is 0 Å². The van der Waals surface area contributed by atoms with Gasteiger partial charge in [0.15, 0.2) is 5.69 Å². The molecule has 0 radical (unpaired) electrons. The summed E-state index contributed by atoms with van der Waals surface area (Å²) in [6.45, 7) is 2.00. The fourth-order valence-electron chi connectivity index (χ4n) is 2.31. The van der Waals surface area contributed by atoms with E-state index in [4.69, 9.17) is 4.42 Å². The smallest absolute Gasteiger partial charge is 0.423 e. The van der Waals surface area contributed by atoms with Crippen molar-refractivity contribution in [1.82, 2.24) is 10.2 Å². The number of benzene rings is 1. The van der Waals surface area contributed by atoms with Crippen LogP contribution in [0.1, 0.15) is 23.7 Å². The molecule has 3 rings (SSSR count). The highest BCUT2D eigenvalue weighted by Crippen LogP contribution is 2.29. The van der Waals surface area contributed by atoms with Gasteiger partial charge in [0, 0.05) is 17.2 Å². The van der Waals surface area contributed by atoms with Crippen LogP contribution in [0.25, 0.3) is 11.0 Å². The standard InChI is InChI=1S/C17H13F3N2O2S/c1-2-10-3-4-12-11(8-16(23)24-13(12)7-10)9-25-15-6-5-14(21-22-15)17(18,19)20/h3-8H,2,9H2,1H3. The van der Waals surface area contributed by atoms with Gasteiger partial charge in [-0.05, 0) is 35.7 Å². The average molecular weight is 366 g/mol. The van der Waals surface area contributed by atoms with Gasteiger partial charge in [-0.25, -0.2) is 4.79 Å². The first-order valence-electron chi connectivity index (χ1n) is 7.46. The van der Waals surface area contributed by atoms with Gasteiger partial charge in [-0.15, -0.1) is 10.2 Å². The van der Waals surface area contributed by atoms with Crippen LogP contribution in [0, 0.1) is 0 Å². The van der Waals surface area contributed by atoms with Crippen molar-refractivity contribution in [2.24, 2.45) is 0 Å². The first-order chi connectivity index (χ1) is 11.9. The normalized spacial score (nSPS) is 11.8. The number of thioether (sulfide) groups is 1. The Hall–Kier alpha value is -2.35. The maximum Gasteiger partial charge on any atom is 0.435 e. The van der Waals surface area contributed by atoms with Crippen molar-refractivity contribution in [1.29, 1.82) is 0 Å². The van der Waals surface area contributed by atoms with Crippen LogP contribution in [0.4, 0.5) is 13.2 Å². The van der Waals surface area contributed by atoms with E-state index in [0.717, 1.165) is 29.0 Å². The molecule has 0 spiro atoms. The van der Waals surface area contributed by atoms with Crippen LogP contribution in [0.15, 0.2) is 50.6 Å². The second-order valence-corrected chi connectivity index (χ2v) is 6.31. The molecular formula is C17H13F3N2O2S. The van der Waals surface area contributed by atoms with Gasteiger partial charge < -0.3 is 4.42 Å². The highest BCUT2D eigenvalue weighted by molar-refractivity contribution is 7.98. The van der Waals surface area contributed by atoms with Crippen LogP contribution in [0.5, 0.6) is 0 Å². The van der Waals surface area contributed by atoms with Gasteiger partial charge in [0.05, 0.1) is 0 Å². The third-order valence-corrected chi connectivity index (χ3v) is 4.58. The van der Waals surface area contributed by atoms with Crippen molar-refractivity contribution in [3.63, 3.8) is 0 Å². The Morgan fingerprint density at radius 1 is 1.12 bits per heavy atom. The van der Waals surface area contributed by atoms with Gasteiger partial charge in [0.2, 0.25) is 0 Å². The number of rotatable bonds is 4. The molecule has 0 saturated carbocycles. The van der Waals surface area contributed by atoms with Crippen molar-refractivity contribution in [3.8, 4) is 0 Å². The lowest BCUT2D eigenvalue weighted by Crippen LogP contribution is -2.08. The predicted molar refractivity (Wildman–Crippen MR) is 88.5 cm³/mol. The highest BCUT2D eigenvalue weighted by Gasteiger charge is 2.32. The lowest BCUT2D eigenvalue weighted by atomic mass is 10.1. The van der Waals surface area contributed by atoms with Crippen molar-refractivity contribution >= 4 is 22.7 Å². The second kappa shape index (κ2) is 6.87. The number of aromatic nitrogens is 2. The number of nitrogens with zero attached hydrogens (tertiary/aromatic N) is 2. The van der Waals surface area contributed by atoms with E-state index in [1.807, 2.05) is 25.1 Å². The Labute approximate surface area is 145 Å². The number of hydrogen-bond donors (Lipinski definition) is 0. The van der Waals surface area contributed by atoms with Crippen LogP contribution in [-0.2, 0) is 18.3 Å². The van der Waals surface area contributed by atoms with E-state index in [1.165, 1.54) is 23.9 Å². The average Bonchev–Trinajstić information content (AvgIpc) is 2.58. The monoisotopic (exact) mass is 366 g/mol. The van der Waals surface area contributed by atoms with Crippen molar-refractivity contribution in [2.45, 2.75) is 30.3 Å². The Kier molecular flexibility index (Phi) is 4.80. The lowest BCUT2D eigenvalue weighted by molar-refractivity contribution is -0.141. The zero-order valence-corrected chi connectivity index (χ0v) is 13.9. The predicted octanol–water partition coefficient (Wildman–Crippen LogP) is 4.46. The maximum atomic E-state index is 12.5. The van der Waals surface area contributed by atoms with E-state index in [1.54, 1.807) is 0 Å². The van der Waals surface area contributed by atoms with E-state index < -0.39 is 17.5 Å². The zero-order valence-electron chi connectivity index (χ0n) is 13.1. The molecule has 0 N–H and O–H groups in total. The molecule has 8 heteroatoms. The Morgan fingerprint density at radius 3 is 2.56 bits per heavy atom. The summed E-state index contributed by atoms with van der Waals surface area (Å²) in [6.07, 6.45) is -3.69. The molecule has 0 atom stereocenters. The SMILES string of the molecule is CCc1ccc2c(CSc3ccc(C(F)(F)F)nn3)cc(=O)oc2c1. The summed E-state index contributed by atoms with van der Waals surface area (Å²) in [5, 5.41) is 7.91. The van der Waals surface area contributed by atoms with Crippen LogP contribution < -0.4 is 5.63 Å². The van der Waals surface area contributed by atoms with E-state index in [-0.39, 0.29) is 0 Å². The number of halogens is 3. The van der Waals surface area contributed by atoms with Crippen molar-refractivity contribution in [3.05, 3.63) is 63.6 Å². The van der Waals surface area contributed by atoms with E-state index >= 15 is 0 Å². The minimum atomic E-state index is -4.51. The summed E-state index contributed by atoms with van der Waals surface area (Å²) in [5.74, 6) is 0.369. The first-order valence-corrected chi connectivity index (χ1v) is 8.45. The molecule has 3 aromatic rings. The molecule has 25 heavy (non-hydrogen) atoms. The van der Waals surface area contributed by atoms with Gasteiger partial charge in [0.25, 0.3) is 0 Å². The van der Waals surface area contributed by atoms with Gasteiger partial charge >= 0.3 is 11.8 Å². The Morgan fingerprint density at radius 2 is 1.92 bits per heavy atom. The molecule has 2 aromatic heterocycles. The molecular weight excluding hydrogens is 353 g/mol. The quantitative estimate of drug-likeness (QED) is 0.504. The Bertz CT molecular complexity index is 953. The molecule has 0 amide bonds. The van der Waals surface area contributed by atoms with Crippen molar-refractivity contribution < 1.29 is 17.6 Å². The van der Waals surface area contributed by atoms with Gasteiger partial charge in [0.1, 0.15) is 10.6 Å². The summed E-state index contributed by atoms with van der Waals surface area (Å²) >= 11 is 1.20. The maximum absolute atomic E-state index is 12.5. The van der Waals surface area contributed by atoms with Crippen LogP contribution in [0.3, 0.4) is 0 Å². The molecule has 0 bridgehead atoms. The second-order valence-electron chi connectivity index (χ2n) is 5.32. The summed E-state index contributed by atoms with van der Waals surface area (Å²) in [6, 6.07) is 9.20. The molecule has 0 saturated heterocycles. The summed E-state index contributed by atoms with van der Waals surface area (Å²) in [7, 11) is 0. The fraction of sp³-hybridized carbons (Fsp3) is 0.235. The Balaban J connectivity index is 1.84. The van der Waals surface area contributed by atoms with Gasteiger partial charge in [-0.2, -0.15) is 13.2 Å². The number of hydrogen-bond acceptors (Lipinski definition) is 5. The molecule has 0 aliphatic heterocycles. The summed E-state index contributed by atoms with van der Waals surface area (Å²) in [5.41, 5.74) is 0.792. The number of alkyl halides is 3. The molecule has 1 aromatic carbocycles. The number of fused-ring (bicyclic) bond motifs is 1. The largest absolute Gasteiger partial charge is 0.435 e. The summed E-state index contributed by atoms with van der Waals surface area (Å²) in [4.78, 5) is 11.7. The minimum Gasteiger partial charge on any atom is -0.423 e. The molecule has 2 heterocycles. The number of aryl methyl sites for hydroxylation is 1. The fourth-order valence-corrected chi connectivity index (χ4v) is 3.12. The molecule has 130 valence electrons. The van der Waals surface area contributed by atoms with Crippen molar-refractivity contribution in [2.75, 3.05) is 0 Å². The molecule has 0 aliphatic carbocycles. The van der Waals surface area contributed by atoms with E-state index in [9.17, 15) is 18.0 Å². The van der Waals surface area contributed by atoms with Crippen LogP contribution >= 0.6 is 11.8 Å².